The number of rotatable bonds is 6. The Morgan fingerprint density at radius 1 is 1.00 bits per heavy atom. The number of benzene rings is 2. The van der Waals surface area contributed by atoms with Crippen LogP contribution in [0.2, 0.25) is 0 Å². The van der Waals surface area contributed by atoms with Crippen LogP contribution in [0.5, 0.6) is 5.75 Å². The Morgan fingerprint density at radius 2 is 1.62 bits per heavy atom. The van der Waals surface area contributed by atoms with E-state index in [1.165, 1.54) is 0 Å². The van der Waals surface area contributed by atoms with E-state index >= 15 is 0 Å². The highest BCUT2D eigenvalue weighted by Crippen LogP contribution is 2.16. The summed E-state index contributed by atoms with van der Waals surface area (Å²) in [6.07, 6.45) is 1.07. The second-order valence-electron chi connectivity index (χ2n) is 4.69. The molecule has 0 aliphatic rings. The van der Waals surface area contributed by atoms with Crippen molar-refractivity contribution in [2.75, 3.05) is 24.3 Å². The molecule has 4 nitrogen and oxygen atoms in total. The summed E-state index contributed by atoms with van der Waals surface area (Å²) in [6.45, 7) is 3.04. The molecule has 0 saturated heterocycles. The van der Waals surface area contributed by atoms with Gasteiger partial charge in [-0.3, -0.25) is 4.79 Å². The van der Waals surface area contributed by atoms with Crippen molar-refractivity contribution >= 4 is 17.3 Å². The van der Waals surface area contributed by atoms with Crippen LogP contribution >= 0.6 is 0 Å². The van der Waals surface area contributed by atoms with E-state index in [9.17, 15) is 4.79 Å². The minimum atomic E-state index is -0.123. The summed E-state index contributed by atoms with van der Waals surface area (Å²) < 4.78 is 5.08. The number of hydrogen-bond donors (Lipinski definition) is 2. The van der Waals surface area contributed by atoms with E-state index in [2.05, 4.69) is 17.6 Å². The van der Waals surface area contributed by atoms with Gasteiger partial charge in [-0.05, 0) is 55.0 Å². The normalized spacial score (nSPS) is 10.0. The van der Waals surface area contributed by atoms with Crippen molar-refractivity contribution in [1.29, 1.82) is 0 Å². The fourth-order valence-corrected chi connectivity index (χ4v) is 1.89. The third-order valence-electron chi connectivity index (χ3n) is 3.07. The van der Waals surface area contributed by atoms with E-state index in [0.717, 1.165) is 30.1 Å². The number of ether oxygens (including phenoxy) is 1. The molecule has 1 amide bonds. The number of anilines is 2. The summed E-state index contributed by atoms with van der Waals surface area (Å²) in [7, 11) is 1.61. The van der Waals surface area contributed by atoms with Crippen molar-refractivity contribution in [3.63, 3.8) is 0 Å². The van der Waals surface area contributed by atoms with Crippen LogP contribution in [-0.2, 0) is 0 Å². The van der Waals surface area contributed by atoms with Crippen LogP contribution in [-0.4, -0.2) is 19.6 Å². The molecule has 0 fully saturated rings. The number of methoxy groups -OCH3 is 1. The Balaban J connectivity index is 1.98. The van der Waals surface area contributed by atoms with Crippen molar-refractivity contribution in [1.82, 2.24) is 0 Å². The fraction of sp³-hybridized carbons (Fsp3) is 0.235. The molecular formula is C17H20N2O2. The first-order chi connectivity index (χ1) is 10.2. The smallest absolute Gasteiger partial charge is 0.255 e. The second kappa shape index (κ2) is 7.33. The van der Waals surface area contributed by atoms with Crippen molar-refractivity contribution < 1.29 is 9.53 Å². The standard InChI is InChI=1S/C17H20N2O2/c1-3-12-18-14-6-4-13(5-7-14)17(20)19-15-8-10-16(21-2)11-9-15/h4-11,18H,3,12H2,1-2H3,(H,19,20). The van der Waals surface area contributed by atoms with Gasteiger partial charge in [-0.25, -0.2) is 0 Å². The minimum Gasteiger partial charge on any atom is -0.497 e. The summed E-state index contributed by atoms with van der Waals surface area (Å²) in [5.41, 5.74) is 2.40. The van der Waals surface area contributed by atoms with Gasteiger partial charge >= 0.3 is 0 Å². The van der Waals surface area contributed by atoms with Crippen LogP contribution < -0.4 is 15.4 Å². The highest BCUT2D eigenvalue weighted by atomic mass is 16.5. The lowest BCUT2D eigenvalue weighted by Crippen LogP contribution is -2.11. The molecule has 2 rings (SSSR count). The summed E-state index contributed by atoms with van der Waals surface area (Å²) in [5, 5.41) is 6.13. The van der Waals surface area contributed by atoms with Gasteiger partial charge in [-0.15, -0.1) is 0 Å². The highest BCUT2D eigenvalue weighted by Gasteiger charge is 2.06. The summed E-state index contributed by atoms with van der Waals surface area (Å²) in [5.74, 6) is 0.640. The summed E-state index contributed by atoms with van der Waals surface area (Å²) in [4.78, 5) is 12.1. The van der Waals surface area contributed by atoms with E-state index in [1.54, 1.807) is 7.11 Å². The monoisotopic (exact) mass is 284 g/mol. The average Bonchev–Trinajstić information content (AvgIpc) is 2.54. The number of carbonyl (C=O) groups is 1. The first-order valence-electron chi connectivity index (χ1n) is 7.02. The number of carbonyl (C=O) groups excluding carboxylic acids is 1. The van der Waals surface area contributed by atoms with E-state index < -0.39 is 0 Å². The molecule has 0 spiro atoms. The maximum atomic E-state index is 12.1. The Hall–Kier alpha value is -2.49. The minimum absolute atomic E-state index is 0.123. The Kier molecular flexibility index (Phi) is 5.21. The van der Waals surface area contributed by atoms with Gasteiger partial charge in [-0.2, -0.15) is 0 Å². The maximum Gasteiger partial charge on any atom is 0.255 e. The zero-order valence-corrected chi connectivity index (χ0v) is 12.3. The second-order valence-corrected chi connectivity index (χ2v) is 4.69. The van der Waals surface area contributed by atoms with Gasteiger partial charge in [0.1, 0.15) is 5.75 Å². The van der Waals surface area contributed by atoms with Crippen LogP contribution in [0.1, 0.15) is 23.7 Å². The van der Waals surface area contributed by atoms with Crippen molar-refractivity contribution in [3.8, 4) is 5.75 Å². The molecule has 4 heteroatoms. The molecule has 0 heterocycles. The Bertz CT molecular complexity index is 577. The molecule has 2 aromatic carbocycles. The number of nitrogens with one attached hydrogen (secondary N) is 2. The van der Waals surface area contributed by atoms with E-state index in [4.69, 9.17) is 4.74 Å². The Labute approximate surface area is 125 Å². The molecule has 0 aromatic heterocycles. The average molecular weight is 284 g/mol. The van der Waals surface area contributed by atoms with Gasteiger partial charge in [0.05, 0.1) is 7.11 Å². The summed E-state index contributed by atoms with van der Waals surface area (Å²) >= 11 is 0. The third kappa shape index (κ3) is 4.24. The lowest BCUT2D eigenvalue weighted by molar-refractivity contribution is 0.102. The molecule has 0 atom stereocenters. The molecule has 0 bridgehead atoms. The lowest BCUT2D eigenvalue weighted by atomic mass is 10.2. The lowest BCUT2D eigenvalue weighted by Gasteiger charge is -2.08. The SMILES string of the molecule is CCCNc1ccc(C(=O)Nc2ccc(OC)cc2)cc1. The van der Waals surface area contributed by atoms with Crippen molar-refractivity contribution in [2.45, 2.75) is 13.3 Å². The van der Waals surface area contributed by atoms with Crippen LogP contribution in [0.4, 0.5) is 11.4 Å². The molecule has 0 aliphatic heterocycles. The molecule has 2 aromatic rings. The molecule has 2 N–H and O–H groups in total. The zero-order valence-electron chi connectivity index (χ0n) is 12.3. The zero-order chi connectivity index (χ0) is 15.1. The van der Waals surface area contributed by atoms with E-state index in [1.807, 2.05) is 48.5 Å². The molecular weight excluding hydrogens is 264 g/mol. The molecule has 0 saturated carbocycles. The molecule has 21 heavy (non-hydrogen) atoms. The Morgan fingerprint density at radius 3 is 2.19 bits per heavy atom. The van der Waals surface area contributed by atoms with E-state index in [0.29, 0.717) is 5.56 Å². The van der Waals surface area contributed by atoms with Gasteiger partial charge in [0, 0.05) is 23.5 Å². The van der Waals surface area contributed by atoms with Gasteiger partial charge < -0.3 is 15.4 Å². The van der Waals surface area contributed by atoms with Gasteiger partial charge in [0.2, 0.25) is 0 Å². The predicted molar refractivity (Wildman–Crippen MR) is 86.2 cm³/mol. The summed E-state index contributed by atoms with van der Waals surface area (Å²) in [6, 6.07) is 14.7. The van der Waals surface area contributed by atoms with E-state index in [-0.39, 0.29) is 5.91 Å². The molecule has 0 unspecified atom stereocenters. The third-order valence-corrected chi connectivity index (χ3v) is 3.07. The molecule has 110 valence electrons. The molecule has 0 aliphatic carbocycles. The van der Waals surface area contributed by atoms with Crippen LogP contribution in [0.15, 0.2) is 48.5 Å². The predicted octanol–water partition coefficient (Wildman–Crippen LogP) is 3.77. The van der Waals surface area contributed by atoms with Gasteiger partial charge in [0.15, 0.2) is 0 Å². The topological polar surface area (TPSA) is 50.4 Å². The van der Waals surface area contributed by atoms with Crippen LogP contribution in [0, 0.1) is 0 Å². The molecule has 0 radical (unpaired) electrons. The highest BCUT2D eigenvalue weighted by molar-refractivity contribution is 6.04. The van der Waals surface area contributed by atoms with Crippen molar-refractivity contribution in [3.05, 3.63) is 54.1 Å². The van der Waals surface area contributed by atoms with Gasteiger partial charge in [0.25, 0.3) is 5.91 Å². The van der Waals surface area contributed by atoms with Crippen LogP contribution in [0.3, 0.4) is 0 Å². The first kappa shape index (κ1) is 14.9. The number of amides is 1. The fourth-order valence-electron chi connectivity index (χ4n) is 1.89. The largest absolute Gasteiger partial charge is 0.497 e. The first-order valence-corrected chi connectivity index (χ1v) is 7.02. The maximum absolute atomic E-state index is 12.1. The van der Waals surface area contributed by atoms with Crippen molar-refractivity contribution in [2.24, 2.45) is 0 Å². The number of hydrogen-bond acceptors (Lipinski definition) is 3. The quantitative estimate of drug-likeness (QED) is 0.849. The van der Waals surface area contributed by atoms with Gasteiger partial charge in [-0.1, -0.05) is 6.92 Å². The van der Waals surface area contributed by atoms with Crippen LogP contribution in [0.25, 0.3) is 0 Å².